The average molecular weight is 322 g/mol. The number of nitrogens with zero attached hydrogens (tertiary/aromatic N) is 1. The number of aldehydes is 1. The Bertz CT molecular complexity index is 962. The van der Waals surface area contributed by atoms with Crippen LogP contribution in [0.3, 0.4) is 0 Å². The van der Waals surface area contributed by atoms with Crippen LogP contribution in [0, 0.1) is 0 Å². The first kappa shape index (κ1) is 15.5. The maximum absolute atomic E-state index is 12.1. The third-order valence-electron chi connectivity index (χ3n) is 3.46. The van der Waals surface area contributed by atoms with E-state index in [9.17, 15) is 9.59 Å². The third kappa shape index (κ3) is 3.03. The number of carbonyl (C=O) groups is 2. The molecule has 6 heteroatoms. The molecule has 0 spiro atoms. The lowest BCUT2D eigenvalue weighted by atomic mass is 10.1. The molecule has 0 atom stereocenters. The van der Waals surface area contributed by atoms with Gasteiger partial charge in [-0.15, -0.1) is 0 Å². The second kappa shape index (κ2) is 6.78. The van der Waals surface area contributed by atoms with E-state index >= 15 is 0 Å². The third-order valence-corrected chi connectivity index (χ3v) is 3.46. The van der Waals surface area contributed by atoms with Crippen LogP contribution in [0.25, 0.3) is 11.0 Å². The largest absolute Gasteiger partial charge is 0.497 e. The standard InChI is InChI=1S/C18H14N2O4/c1-23-14-7-8-15-16(9-14)24-11-13(10-21)17(15)19-20-18(22)12-5-3-2-4-6-12/h2-11H,1H3,(H,20,22). The number of methoxy groups -OCH3 is 1. The SMILES string of the molecule is COc1ccc2c(=NNC(=O)c3ccccc3)c(C=O)coc2c1. The van der Waals surface area contributed by atoms with Gasteiger partial charge in [-0.2, -0.15) is 5.10 Å². The number of fused-ring (bicyclic) bond motifs is 1. The van der Waals surface area contributed by atoms with Gasteiger partial charge in [-0.05, 0) is 24.3 Å². The first-order valence-electron chi connectivity index (χ1n) is 7.17. The number of benzene rings is 2. The maximum atomic E-state index is 12.1. The number of hydrogen-bond acceptors (Lipinski definition) is 5. The zero-order valence-corrected chi connectivity index (χ0v) is 12.9. The van der Waals surface area contributed by atoms with Gasteiger partial charge in [-0.1, -0.05) is 18.2 Å². The molecule has 1 N–H and O–H groups in total. The summed E-state index contributed by atoms with van der Waals surface area (Å²) in [7, 11) is 1.55. The van der Waals surface area contributed by atoms with E-state index in [0.717, 1.165) is 0 Å². The number of amides is 1. The van der Waals surface area contributed by atoms with Crippen LogP contribution in [0.5, 0.6) is 5.75 Å². The lowest BCUT2D eigenvalue weighted by molar-refractivity contribution is 0.0952. The fourth-order valence-electron chi connectivity index (χ4n) is 2.23. The Kier molecular flexibility index (Phi) is 4.38. The van der Waals surface area contributed by atoms with Crippen LogP contribution in [0.2, 0.25) is 0 Å². The van der Waals surface area contributed by atoms with Crippen LogP contribution >= 0.6 is 0 Å². The van der Waals surface area contributed by atoms with Gasteiger partial charge in [0.15, 0.2) is 6.29 Å². The molecule has 0 saturated heterocycles. The van der Waals surface area contributed by atoms with Crippen LogP contribution in [-0.2, 0) is 0 Å². The van der Waals surface area contributed by atoms with Crippen molar-refractivity contribution in [2.45, 2.75) is 0 Å². The molecule has 1 aromatic heterocycles. The highest BCUT2D eigenvalue weighted by atomic mass is 16.5. The first-order valence-corrected chi connectivity index (χ1v) is 7.17. The van der Waals surface area contributed by atoms with E-state index in [1.807, 2.05) is 6.07 Å². The Labute approximate surface area is 137 Å². The molecule has 0 fully saturated rings. The van der Waals surface area contributed by atoms with Crippen molar-refractivity contribution in [2.24, 2.45) is 5.10 Å². The van der Waals surface area contributed by atoms with Crippen molar-refractivity contribution in [2.75, 3.05) is 7.11 Å². The van der Waals surface area contributed by atoms with Crippen LogP contribution in [0.4, 0.5) is 0 Å². The van der Waals surface area contributed by atoms with E-state index in [0.29, 0.717) is 33.9 Å². The summed E-state index contributed by atoms with van der Waals surface area (Å²) < 4.78 is 10.6. The minimum absolute atomic E-state index is 0.237. The number of nitrogens with one attached hydrogen (secondary N) is 1. The van der Waals surface area contributed by atoms with Gasteiger partial charge >= 0.3 is 0 Å². The summed E-state index contributed by atoms with van der Waals surface area (Å²) >= 11 is 0. The van der Waals surface area contributed by atoms with Gasteiger partial charge in [-0.25, -0.2) is 5.43 Å². The van der Waals surface area contributed by atoms with E-state index in [4.69, 9.17) is 9.15 Å². The molecule has 0 bridgehead atoms. The number of ether oxygens (including phenoxy) is 1. The Balaban J connectivity index is 2.06. The molecule has 120 valence electrons. The zero-order valence-electron chi connectivity index (χ0n) is 12.9. The fourth-order valence-corrected chi connectivity index (χ4v) is 2.23. The van der Waals surface area contributed by atoms with Crippen molar-refractivity contribution in [1.82, 2.24) is 5.43 Å². The summed E-state index contributed by atoms with van der Waals surface area (Å²) in [6.07, 6.45) is 1.92. The monoisotopic (exact) mass is 322 g/mol. The topological polar surface area (TPSA) is 80.9 Å². The van der Waals surface area contributed by atoms with Crippen molar-refractivity contribution in [3.8, 4) is 5.75 Å². The minimum Gasteiger partial charge on any atom is -0.497 e. The molecule has 0 radical (unpaired) electrons. The number of carbonyl (C=O) groups excluding carboxylic acids is 2. The summed E-state index contributed by atoms with van der Waals surface area (Å²) in [4.78, 5) is 23.4. The van der Waals surface area contributed by atoms with Crippen LogP contribution < -0.4 is 15.5 Å². The second-order valence-electron chi connectivity index (χ2n) is 4.94. The molecule has 0 aliphatic rings. The molecule has 3 aromatic rings. The predicted molar refractivity (Wildman–Crippen MR) is 87.6 cm³/mol. The smallest absolute Gasteiger partial charge is 0.271 e. The van der Waals surface area contributed by atoms with E-state index in [1.165, 1.54) is 6.26 Å². The van der Waals surface area contributed by atoms with E-state index in [-0.39, 0.29) is 11.5 Å². The van der Waals surface area contributed by atoms with Crippen LogP contribution in [0.15, 0.2) is 64.3 Å². The van der Waals surface area contributed by atoms with Gasteiger partial charge < -0.3 is 9.15 Å². The van der Waals surface area contributed by atoms with Gasteiger partial charge in [0.05, 0.1) is 12.7 Å². The zero-order chi connectivity index (χ0) is 16.9. The highest BCUT2D eigenvalue weighted by Gasteiger charge is 2.08. The summed E-state index contributed by atoms with van der Waals surface area (Å²) in [5.74, 6) is 0.249. The van der Waals surface area contributed by atoms with Gasteiger partial charge in [0.25, 0.3) is 5.91 Å². The maximum Gasteiger partial charge on any atom is 0.271 e. The van der Waals surface area contributed by atoms with Gasteiger partial charge in [0, 0.05) is 17.0 Å². The van der Waals surface area contributed by atoms with E-state index in [2.05, 4.69) is 10.5 Å². The van der Waals surface area contributed by atoms with Crippen molar-refractivity contribution < 1.29 is 18.7 Å². The predicted octanol–water partition coefficient (Wildman–Crippen LogP) is 2.50. The molecule has 24 heavy (non-hydrogen) atoms. The summed E-state index contributed by atoms with van der Waals surface area (Å²) in [6, 6.07) is 13.8. The average Bonchev–Trinajstić information content (AvgIpc) is 2.65. The number of rotatable bonds is 4. The first-order chi connectivity index (χ1) is 11.7. The molecule has 0 unspecified atom stereocenters. The molecule has 3 rings (SSSR count). The second-order valence-corrected chi connectivity index (χ2v) is 4.94. The molecule has 1 heterocycles. The van der Waals surface area contributed by atoms with Crippen molar-refractivity contribution >= 4 is 23.2 Å². The highest BCUT2D eigenvalue weighted by Crippen LogP contribution is 2.18. The summed E-state index contributed by atoms with van der Waals surface area (Å²) in [5.41, 5.74) is 3.67. The molecule has 0 saturated carbocycles. The fraction of sp³-hybridized carbons (Fsp3) is 0.0556. The number of hydrogen-bond donors (Lipinski definition) is 1. The molecule has 1 amide bonds. The van der Waals surface area contributed by atoms with Gasteiger partial charge in [0.1, 0.15) is 23.0 Å². The normalized spacial score (nSPS) is 11.3. The lowest BCUT2D eigenvalue weighted by Gasteiger charge is -2.04. The minimum atomic E-state index is -0.366. The molecule has 0 aliphatic carbocycles. The lowest BCUT2D eigenvalue weighted by Crippen LogP contribution is -2.23. The molecule has 0 aliphatic heterocycles. The summed E-state index contributed by atoms with van der Waals surface area (Å²) in [6.45, 7) is 0. The van der Waals surface area contributed by atoms with Crippen molar-refractivity contribution in [3.05, 3.63) is 71.3 Å². The van der Waals surface area contributed by atoms with Gasteiger partial charge in [-0.3, -0.25) is 9.59 Å². The van der Waals surface area contributed by atoms with Crippen LogP contribution in [0.1, 0.15) is 20.7 Å². The van der Waals surface area contributed by atoms with Crippen molar-refractivity contribution in [1.29, 1.82) is 0 Å². The summed E-state index contributed by atoms with van der Waals surface area (Å²) in [5, 5.41) is 5.03. The Morgan fingerprint density at radius 2 is 2.00 bits per heavy atom. The molecule has 2 aromatic carbocycles. The van der Waals surface area contributed by atoms with Crippen molar-refractivity contribution in [3.63, 3.8) is 0 Å². The Morgan fingerprint density at radius 1 is 1.21 bits per heavy atom. The Hall–Kier alpha value is -3.41. The molecular weight excluding hydrogens is 308 g/mol. The van der Waals surface area contributed by atoms with E-state index in [1.54, 1.807) is 49.6 Å². The molecule has 6 nitrogen and oxygen atoms in total. The van der Waals surface area contributed by atoms with Gasteiger partial charge in [0.2, 0.25) is 0 Å². The molecular formula is C18H14N2O4. The van der Waals surface area contributed by atoms with E-state index < -0.39 is 0 Å². The highest BCUT2D eigenvalue weighted by molar-refractivity contribution is 5.94. The van der Waals surface area contributed by atoms with Crippen LogP contribution in [-0.4, -0.2) is 19.3 Å². The Morgan fingerprint density at radius 3 is 2.71 bits per heavy atom. The quantitative estimate of drug-likeness (QED) is 0.591.